The second-order valence-electron chi connectivity index (χ2n) is 4.22. The molecule has 0 radical (unpaired) electrons. The molecular formula is C12H18N2O4. The Balaban J connectivity index is 3.31. The summed E-state index contributed by atoms with van der Waals surface area (Å²) in [5.41, 5.74) is 1.87. The van der Waals surface area contributed by atoms with E-state index >= 15 is 0 Å². The van der Waals surface area contributed by atoms with Crippen LogP contribution in [0, 0.1) is 0 Å². The van der Waals surface area contributed by atoms with E-state index in [4.69, 9.17) is 9.47 Å². The van der Waals surface area contributed by atoms with Gasteiger partial charge in [-0.15, -0.1) is 0 Å². The van der Waals surface area contributed by atoms with Crippen molar-refractivity contribution in [3.63, 3.8) is 0 Å². The van der Waals surface area contributed by atoms with Crippen molar-refractivity contribution < 1.29 is 19.1 Å². The first-order chi connectivity index (χ1) is 8.36. The van der Waals surface area contributed by atoms with Crippen molar-refractivity contribution in [3.05, 3.63) is 22.5 Å². The Kier molecular flexibility index (Phi) is 4.00. The van der Waals surface area contributed by atoms with Crippen LogP contribution in [0.5, 0.6) is 0 Å². The Morgan fingerprint density at radius 3 is 1.22 bits per heavy atom. The van der Waals surface area contributed by atoms with Crippen LogP contribution in [0.15, 0.2) is 22.5 Å². The lowest BCUT2D eigenvalue weighted by molar-refractivity contribution is -0.137. The third-order valence-corrected chi connectivity index (χ3v) is 2.62. The highest BCUT2D eigenvalue weighted by Gasteiger charge is 2.41. The normalized spacial score (nSPS) is 14.1. The summed E-state index contributed by atoms with van der Waals surface area (Å²) in [5, 5.41) is 0. The highest BCUT2D eigenvalue weighted by molar-refractivity contribution is 6.08. The topological polar surface area (TPSA) is 59.1 Å². The molecule has 0 bridgehead atoms. The molecule has 0 atom stereocenters. The maximum Gasteiger partial charge on any atom is 0.342 e. The molecule has 0 aliphatic heterocycles. The summed E-state index contributed by atoms with van der Waals surface area (Å²) in [6.07, 6.45) is 0. The maximum atomic E-state index is 11.8. The number of methoxy groups -OCH3 is 2. The highest BCUT2D eigenvalue weighted by Crippen LogP contribution is 2.38. The molecule has 0 aromatic carbocycles. The molecule has 100 valence electrons. The van der Waals surface area contributed by atoms with Gasteiger partial charge in [0.05, 0.1) is 25.6 Å². The number of esters is 2. The molecule has 0 fully saturated rings. The predicted octanol–water partition coefficient (Wildman–Crippen LogP) is -0.0226. The summed E-state index contributed by atoms with van der Waals surface area (Å²) in [6.45, 7) is 0. The molecular weight excluding hydrogens is 236 g/mol. The zero-order chi connectivity index (χ0) is 14.0. The third-order valence-electron chi connectivity index (χ3n) is 2.62. The molecule has 0 amide bonds. The standard InChI is InChI=1S/C12H18N2O4/c1-13(2)9-7(11(15)17-5)10(14(3)4)8(9)12(16)18-6/h1-6H3. The predicted molar refractivity (Wildman–Crippen MR) is 65.5 cm³/mol. The Bertz CT molecular complexity index is 394. The van der Waals surface area contributed by atoms with E-state index in [0.29, 0.717) is 22.5 Å². The van der Waals surface area contributed by atoms with E-state index in [2.05, 4.69) is 0 Å². The van der Waals surface area contributed by atoms with Crippen LogP contribution in [0.1, 0.15) is 0 Å². The minimum Gasteiger partial charge on any atom is -0.465 e. The van der Waals surface area contributed by atoms with E-state index in [1.165, 1.54) is 14.2 Å². The third kappa shape index (κ3) is 2.05. The Hall–Kier alpha value is -1.98. The number of hydrogen-bond acceptors (Lipinski definition) is 6. The molecule has 0 saturated heterocycles. The van der Waals surface area contributed by atoms with E-state index < -0.39 is 11.9 Å². The Morgan fingerprint density at radius 1 is 0.778 bits per heavy atom. The molecule has 1 aliphatic carbocycles. The highest BCUT2D eigenvalue weighted by atomic mass is 16.5. The van der Waals surface area contributed by atoms with Gasteiger partial charge in [-0.1, -0.05) is 0 Å². The first-order valence-electron chi connectivity index (χ1n) is 5.37. The van der Waals surface area contributed by atoms with Gasteiger partial charge in [-0.2, -0.15) is 0 Å². The summed E-state index contributed by atoms with van der Waals surface area (Å²) in [4.78, 5) is 26.9. The molecule has 1 aliphatic rings. The van der Waals surface area contributed by atoms with Gasteiger partial charge in [0.25, 0.3) is 0 Å². The molecule has 6 nitrogen and oxygen atoms in total. The van der Waals surface area contributed by atoms with Crippen molar-refractivity contribution in [2.45, 2.75) is 0 Å². The minimum absolute atomic E-state index is 0.396. The second-order valence-corrected chi connectivity index (χ2v) is 4.22. The van der Waals surface area contributed by atoms with E-state index in [0.717, 1.165) is 0 Å². The number of likely N-dealkylation sites (N-methyl/N-ethyl adjacent to an activating group) is 2. The summed E-state index contributed by atoms with van der Waals surface area (Å²) >= 11 is 0. The van der Waals surface area contributed by atoms with Crippen LogP contribution in [0.3, 0.4) is 0 Å². The van der Waals surface area contributed by atoms with Gasteiger partial charge in [0.15, 0.2) is 0 Å². The van der Waals surface area contributed by atoms with Gasteiger partial charge in [-0.05, 0) is 0 Å². The molecule has 0 unspecified atom stereocenters. The number of carbonyl (C=O) groups is 2. The summed E-state index contributed by atoms with van der Waals surface area (Å²) in [6, 6.07) is 0. The van der Waals surface area contributed by atoms with Crippen molar-refractivity contribution >= 4 is 11.9 Å². The molecule has 18 heavy (non-hydrogen) atoms. The van der Waals surface area contributed by atoms with Crippen LogP contribution in [-0.2, 0) is 19.1 Å². The smallest absolute Gasteiger partial charge is 0.342 e. The van der Waals surface area contributed by atoms with Gasteiger partial charge in [-0.3, -0.25) is 0 Å². The van der Waals surface area contributed by atoms with Crippen LogP contribution in [0.25, 0.3) is 0 Å². The van der Waals surface area contributed by atoms with Crippen LogP contribution < -0.4 is 0 Å². The minimum atomic E-state index is -0.463. The van der Waals surface area contributed by atoms with Gasteiger partial charge in [0.2, 0.25) is 0 Å². The van der Waals surface area contributed by atoms with Crippen LogP contribution in [0.2, 0.25) is 0 Å². The van der Waals surface area contributed by atoms with Gasteiger partial charge in [0.1, 0.15) is 11.1 Å². The fraction of sp³-hybridized carbons (Fsp3) is 0.500. The Morgan fingerprint density at radius 2 is 1.06 bits per heavy atom. The van der Waals surface area contributed by atoms with Crippen LogP contribution >= 0.6 is 0 Å². The first kappa shape index (κ1) is 14.1. The van der Waals surface area contributed by atoms with Crippen molar-refractivity contribution in [1.29, 1.82) is 0 Å². The molecule has 6 heteroatoms. The quantitative estimate of drug-likeness (QED) is 0.657. The zero-order valence-electron chi connectivity index (χ0n) is 11.5. The second kappa shape index (κ2) is 5.12. The van der Waals surface area contributed by atoms with E-state index in [1.54, 1.807) is 38.0 Å². The molecule has 0 spiro atoms. The van der Waals surface area contributed by atoms with Gasteiger partial charge < -0.3 is 19.3 Å². The summed E-state index contributed by atoms with van der Waals surface area (Å²) in [5.74, 6) is -0.926. The van der Waals surface area contributed by atoms with E-state index in [9.17, 15) is 9.59 Å². The van der Waals surface area contributed by atoms with Crippen LogP contribution in [0.4, 0.5) is 0 Å². The van der Waals surface area contributed by atoms with Gasteiger partial charge in [-0.25, -0.2) is 9.59 Å². The summed E-state index contributed by atoms with van der Waals surface area (Å²) < 4.78 is 9.48. The molecule has 0 aromatic heterocycles. The maximum absolute atomic E-state index is 11.8. The van der Waals surface area contributed by atoms with Crippen molar-refractivity contribution in [3.8, 4) is 0 Å². The molecule has 0 N–H and O–H groups in total. The Labute approximate surface area is 106 Å². The van der Waals surface area contributed by atoms with E-state index in [-0.39, 0.29) is 0 Å². The number of carbonyl (C=O) groups excluding carboxylic acids is 2. The largest absolute Gasteiger partial charge is 0.465 e. The lowest BCUT2D eigenvalue weighted by atomic mass is 9.88. The summed E-state index contributed by atoms with van der Waals surface area (Å²) in [7, 11) is 9.65. The lowest BCUT2D eigenvalue weighted by Crippen LogP contribution is -2.37. The fourth-order valence-corrected chi connectivity index (χ4v) is 1.90. The molecule has 0 aromatic rings. The first-order valence-corrected chi connectivity index (χ1v) is 5.37. The van der Waals surface area contributed by atoms with Crippen molar-refractivity contribution in [2.24, 2.45) is 0 Å². The molecule has 0 saturated carbocycles. The average molecular weight is 254 g/mol. The monoisotopic (exact) mass is 254 g/mol. The van der Waals surface area contributed by atoms with Crippen molar-refractivity contribution in [2.75, 3.05) is 42.4 Å². The van der Waals surface area contributed by atoms with E-state index in [1.807, 2.05) is 0 Å². The van der Waals surface area contributed by atoms with Gasteiger partial charge in [0, 0.05) is 28.2 Å². The van der Waals surface area contributed by atoms with Gasteiger partial charge >= 0.3 is 11.9 Å². The van der Waals surface area contributed by atoms with Crippen molar-refractivity contribution in [1.82, 2.24) is 9.80 Å². The number of hydrogen-bond donors (Lipinski definition) is 0. The average Bonchev–Trinajstić information content (AvgIpc) is 2.25. The number of ether oxygens (including phenoxy) is 2. The lowest BCUT2D eigenvalue weighted by Gasteiger charge is -2.35. The fourth-order valence-electron chi connectivity index (χ4n) is 1.90. The molecule has 1 rings (SSSR count). The van der Waals surface area contributed by atoms with Crippen LogP contribution in [-0.4, -0.2) is 64.1 Å². The number of rotatable bonds is 4. The zero-order valence-corrected chi connectivity index (χ0v) is 11.5. The SMILES string of the molecule is COC(=O)C1=C(N(C)C)C(C(=O)OC)=C1N(C)C. The molecule has 0 heterocycles. The number of nitrogens with zero attached hydrogens (tertiary/aromatic N) is 2.